The normalized spacial score (nSPS) is 12.7. The number of sulfonamides is 1. The molecule has 102 valence electrons. The highest BCUT2D eigenvalue weighted by atomic mass is 32.2. The molecule has 0 radical (unpaired) electrons. The van der Waals surface area contributed by atoms with E-state index in [4.69, 9.17) is 10.5 Å². The molecule has 0 aliphatic carbocycles. The van der Waals surface area contributed by atoms with Crippen LogP contribution in [0.5, 0.6) is 0 Å². The summed E-state index contributed by atoms with van der Waals surface area (Å²) in [6.45, 7) is 3.53. The highest BCUT2D eigenvalue weighted by Crippen LogP contribution is 2.18. The maximum absolute atomic E-state index is 13.2. The SMILES string of the molecule is COCC(C)(C)NS(=O)(=O)c1ccc(N)c(F)c1. The second-order valence-electron chi connectivity index (χ2n) is 4.61. The number of nitrogens with two attached hydrogens (primary N) is 1. The first-order chi connectivity index (χ1) is 8.18. The van der Waals surface area contributed by atoms with Gasteiger partial charge in [-0.25, -0.2) is 17.5 Å². The van der Waals surface area contributed by atoms with Gasteiger partial charge in [-0.3, -0.25) is 0 Å². The van der Waals surface area contributed by atoms with Crippen molar-refractivity contribution in [2.24, 2.45) is 0 Å². The summed E-state index contributed by atoms with van der Waals surface area (Å²) in [6.07, 6.45) is 0. The molecule has 0 saturated carbocycles. The number of nitrogens with one attached hydrogen (secondary N) is 1. The quantitative estimate of drug-likeness (QED) is 0.789. The summed E-state index contributed by atoms with van der Waals surface area (Å²) < 4.78 is 44.6. The number of hydrogen-bond acceptors (Lipinski definition) is 4. The first-order valence-corrected chi connectivity index (χ1v) is 6.74. The minimum atomic E-state index is -3.80. The lowest BCUT2D eigenvalue weighted by Crippen LogP contribution is -2.46. The zero-order chi connectivity index (χ0) is 14.0. The molecule has 0 unspecified atom stereocenters. The Bertz CT molecular complexity index is 529. The summed E-state index contributed by atoms with van der Waals surface area (Å²) in [5.74, 6) is -0.762. The van der Waals surface area contributed by atoms with Crippen LogP contribution in [0.1, 0.15) is 13.8 Å². The van der Waals surface area contributed by atoms with E-state index < -0.39 is 21.4 Å². The molecule has 0 fully saturated rings. The standard InChI is InChI=1S/C11H17FN2O3S/c1-11(2,7-17-3)14-18(15,16)8-4-5-10(13)9(12)6-8/h4-6,14H,7,13H2,1-3H3. The van der Waals surface area contributed by atoms with Gasteiger partial charge < -0.3 is 10.5 Å². The number of benzene rings is 1. The van der Waals surface area contributed by atoms with Crippen LogP contribution in [-0.4, -0.2) is 27.7 Å². The predicted octanol–water partition coefficient (Wildman–Crippen LogP) is 1.11. The molecule has 1 aromatic rings. The lowest BCUT2D eigenvalue weighted by molar-refractivity contribution is 0.141. The summed E-state index contributed by atoms with van der Waals surface area (Å²) in [5, 5.41) is 0. The minimum Gasteiger partial charge on any atom is -0.396 e. The Morgan fingerprint density at radius 2 is 2.06 bits per heavy atom. The van der Waals surface area contributed by atoms with Crippen LogP contribution in [0.3, 0.4) is 0 Å². The second-order valence-corrected chi connectivity index (χ2v) is 6.29. The first-order valence-electron chi connectivity index (χ1n) is 5.26. The van der Waals surface area contributed by atoms with Crippen LogP contribution in [0.25, 0.3) is 0 Å². The Labute approximate surface area is 106 Å². The van der Waals surface area contributed by atoms with Gasteiger partial charge in [-0.2, -0.15) is 0 Å². The van der Waals surface area contributed by atoms with Gasteiger partial charge >= 0.3 is 0 Å². The summed E-state index contributed by atoms with van der Waals surface area (Å²) in [4.78, 5) is -0.168. The van der Waals surface area contributed by atoms with Crippen molar-refractivity contribution in [3.63, 3.8) is 0 Å². The summed E-state index contributed by atoms with van der Waals surface area (Å²) >= 11 is 0. The number of hydrogen-bond donors (Lipinski definition) is 2. The van der Waals surface area contributed by atoms with E-state index in [1.165, 1.54) is 19.2 Å². The Hall–Kier alpha value is -1.18. The van der Waals surface area contributed by atoms with Gasteiger partial charge in [0.25, 0.3) is 0 Å². The average molecular weight is 276 g/mol. The van der Waals surface area contributed by atoms with Gasteiger partial charge in [-0.05, 0) is 32.0 Å². The Morgan fingerprint density at radius 3 is 2.56 bits per heavy atom. The second kappa shape index (κ2) is 5.21. The third kappa shape index (κ3) is 3.66. The molecule has 0 heterocycles. The maximum atomic E-state index is 13.2. The van der Waals surface area contributed by atoms with Gasteiger partial charge in [0.05, 0.1) is 22.7 Å². The van der Waals surface area contributed by atoms with Gasteiger partial charge in [-0.1, -0.05) is 0 Å². The van der Waals surface area contributed by atoms with Crippen molar-refractivity contribution in [1.29, 1.82) is 0 Å². The van der Waals surface area contributed by atoms with Crippen LogP contribution in [0.15, 0.2) is 23.1 Å². The fraction of sp³-hybridized carbons (Fsp3) is 0.455. The Kier molecular flexibility index (Phi) is 4.31. The Morgan fingerprint density at radius 1 is 1.44 bits per heavy atom. The van der Waals surface area contributed by atoms with Crippen LogP contribution in [-0.2, 0) is 14.8 Å². The van der Waals surface area contributed by atoms with Gasteiger partial charge in [0.1, 0.15) is 5.82 Å². The zero-order valence-electron chi connectivity index (χ0n) is 10.5. The van der Waals surface area contributed by atoms with E-state index >= 15 is 0 Å². The van der Waals surface area contributed by atoms with Crippen molar-refractivity contribution in [2.45, 2.75) is 24.3 Å². The fourth-order valence-corrected chi connectivity index (χ4v) is 2.90. The van der Waals surface area contributed by atoms with Crippen molar-refractivity contribution >= 4 is 15.7 Å². The number of rotatable bonds is 5. The number of anilines is 1. The zero-order valence-corrected chi connectivity index (χ0v) is 11.3. The smallest absolute Gasteiger partial charge is 0.241 e. The molecular formula is C11H17FN2O3S. The van der Waals surface area contributed by atoms with E-state index in [9.17, 15) is 12.8 Å². The summed E-state index contributed by atoms with van der Waals surface area (Å²) in [7, 11) is -2.33. The molecule has 1 aromatic carbocycles. The number of halogens is 1. The van der Waals surface area contributed by atoms with Gasteiger partial charge in [0.15, 0.2) is 0 Å². The van der Waals surface area contributed by atoms with Crippen LogP contribution in [0.4, 0.5) is 10.1 Å². The molecule has 0 aromatic heterocycles. The minimum absolute atomic E-state index is 0.0925. The van der Waals surface area contributed by atoms with E-state index in [1.54, 1.807) is 13.8 Å². The van der Waals surface area contributed by atoms with Crippen molar-refractivity contribution in [3.8, 4) is 0 Å². The molecule has 1 rings (SSSR count). The molecule has 0 atom stereocenters. The third-order valence-electron chi connectivity index (χ3n) is 2.20. The average Bonchev–Trinajstić information content (AvgIpc) is 2.20. The molecule has 0 saturated heterocycles. The fourth-order valence-electron chi connectivity index (χ4n) is 1.49. The van der Waals surface area contributed by atoms with Crippen LogP contribution in [0, 0.1) is 5.82 Å². The highest BCUT2D eigenvalue weighted by molar-refractivity contribution is 7.89. The number of methoxy groups -OCH3 is 1. The molecule has 0 bridgehead atoms. The van der Waals surface area contributed by atoms with E-state index in [1.807, 2.05) is 0 Å². The molecule has 5 nitrogen and oxygen atoms in total. The molecular weight excluding hydrogens is 259 g/mol. The van der Waals surface area contributed by atoms with Crippen LogP contribution < -0.4 is 10.5 Å². The molecule has 18 heavy (non-hydrogen) atoms. The van der Waals surface area contributed by atoms with E-state index in [2.05, 4.69) is 4.72 Å². The topological polar surface area (TPSA) is 81.4 Å². The lowest BCUT2D eigenvalue weighted by Gasteiger charge is -2.24. The Balaban J connectivity index is 3.03. The highest BCUT2D eigenvalue weighted by Gasteiger charge is 2.26. The monoisotopic (exact) mass is 276 g/mol. The number of nitrogen functional groups attached to an aromatic ring is 1. The molecule has 0 spiro atoms. The van der Waals surface area contributed by atoms with Crippen molar-refractivity contribution in [2.75, 3.05) is 19.5 Å². The van der Waals surface area contributed by atoms with Crippen LogP contribution >= 0.6 is 0 Å². The molecule has 0 aliphatic heterocycles. The summed E-state index contributed by atoms with van der Waals surface area (Å²) in [6, 6.07) is 3.36. The summed E-state index contributed by atoms with van der Waals surface area (Å²) in [5.41, 5.74) is 4.42. The van der Waals surface area contributed by atoms with Gasteiger partial charge in [0.2, 0.25) is 10.0 Å². The predicted molar refractivity (Wildman–Crippen MR) is 67.1 cm³/mol. The number of ether oxygens (including phenoxy) is 1. The lowest BCUT2D eigenvalue weighted by atomic mass is 10.1. The van der Waals surface area contributed by atoms with Gasteiger partial charge in [0, 0.05) is 7.11 Å². The van der Waals surface area contributed by atoms with Crippen molar-refractivity contribution < 1.29 is 17.5 Å². The largest absolute Gasteiger partial charge is 0.396 e. The first kappa shape index (κ1) is 14.9. The molecule has 7 heteroatoms. The van der Waals surface area contributed by atoms with Crippen molar-refractivity contribution in [1.82, 2.24) is 4.72 Å². The van der Waals surface area contributed by atoms with Crippen LogP contribution in [0.2, 0.25) is 0 Å². The molecule has 3 N–H and O–H groups in total. The van der Waals surface area contributed by atoms with E-state index in [0.29, 0.717) is 0 Å². The third-order valence-corrected chi connectivity index (χ3v) is 3.89. The van der Waals surface area contributed by atoms with E-state index in [-0.39, 0.29) is 17.2 Å². The molecule has 0 amide bonds. The maximum Gasteiger partial charge on any atom is 0.241 e. The van der Waals surface area contributed by atoms with Crippen molar-refractivity contribution in [3.05, 3.63) is 24.0 Å². The van der Waals surface area contributed by atoms with E-state index in [0.717, 1.165) is 6.07 Å². The molecule has 0 aliphatic rings. The van der Waals surface area contributed by atoms with Gasteiger partial charge in [-0.15, -0.1) is 0 Å².